The fourth-order valence-corrected chi connectivity index (χ4v) is 4.74. The van der Waals surface area contributed by atoms with Gasteiger partial charge in [-0.3, -0.25) is 9.69 Å². The van der Waals surface area contributed by atoms with Gasteiger partial charge in [-0.25, -0.2) is 4.98 Å². The fraction of sp³-hybridized carbons (Fsp3) is 0.333. The minimum Gasteiger partial charge on any atom is -0.493 e. The van der Waals surface area contributed by atoms with Gasteiger partial charge in [0.05, 0.1) is 31.5 Å². The smallest absolute Gasteiger partial charge is 0.252 e. The maximum atomic E-state index is 13.3. The molecule has 0 aliphatic carbocycles. The molecule has 0 aliphatic heterocycles. The number of thiazole rings is 1. The minimum absolute atomic E-state index is 0. The Balaban J connectivity index is 0.00000408. The Morgan fingerprint density at radius 2 is 1.74 bits per heavy atom. The molecule has 2 aromatic carbocycles. The molecule has 3 aromatic rings. The number of amides is 1. The van der Waals surface area contributed by atoms with Gasteiger partial charge in [-0.1, -0.05) is 11.3 Å². The molecule has 0 radical (unpaired) electrons. The summed E-state index contributed by atoms with van der Waals surface area (Å²) in [5, 5.41) is 0.685. The molecule has 1 aromatic heterocycles. The molecule has 1 amide bonds. The third-order valence-electron chi connectivity index (χ3n) is 4.96. The summed E-state index contributed by atoms with van der Waals surface area (Å²) in [5.41, 5.74) is 1.66. The van der Waals surface area contributed by atoms with Gasteiger partial charge in [-0.15, -0.1) is 24.2 Å². The number of hydrogen-bond donors (Lipinski definition) is 0. The van der Waals surface area contributed by atoms with Crippen LogP contribution in [0.1, 0.15) is 5.56 Å². The van der Waals surface area contributed by atoms with Crippen LogP contribution in [-0.4, -0.2) is 70.6 Å². The number of nitrogens with zero attached hydrogens (tertiary/aromatic N) is 3. The minimum atomic E-state index is -0.144. The lowest BCUT2D eigenvalue weighted by atomic mass is 10.1. The Labute approximate surface area is 215 Å². The predicted molar refractivity (Wildman–Crippen MR) is 145 cm³/mol. The summed E-state index contributed by atoms with van der Waals surface area (Å²) in [7, 11) is 8.65. The fourth-order valence-electron chi connectivity index (χ4n) is 3.19. The number of benzene rings is 2. The molecule has 0 saturated carbocycles. The Morgan fingerprint density at radius 1 is 1.06 bits per heavy atom. The third-order valence-corrected chi connectivity index (χ3v) is 6.72. The number of aromatic nitrogens is 1. The predicted octanol–water partition coefficient (Wildman–Crippen LogP) is 5.07. The van der Waals surface area contributed by atoms with Gasteiger partial charge >= 0.3 is 0 Å². The summed E-state index contributed by atoms with van der Waals surface area (Å²) in [5.74, 6) is 1.43. The molecule has 1 heterocycles. The molecule has 0 aliphatic rings. The summed E-state index contributed by atoms with van der Waals surface area (Å²) >= 11 is 3.21. The van der Waals surface area contributed by atoms with Crippen LogP contribution in [0.5, 0.6) is 17.2 Å². The van der Waals surface area contributed by atoms with Crippen molar-refractivity contribution < 1.29 is 19.0 Å². The topological polar surface area (TPSA) is 64.1 Å². The monoisotopic (exact) mass is 523 g/mol. The molecule has 10 heteroatoms. The number of thioether (sulfide) groups is 1. The lowest BCUT2D eigenvalue weighted by Crippen LogP contribution is -2.35. The van der Waals surface area contributed by atoms with E-state index in [1.54, 1.807) is 62.3 Å². The van der Waals surface area contributed by atoms with Crippen LogP contribution in [0.3, 0.4) is 0 Å². The van der Waals surface area contributed by atoms with Crippen LogP contribution in [0.4, 0.5) is 5.13 Å². The second-order valence-electron chi connectivity index (χ2n) is 7.42. The van der Waals surface area contributed by atoms with Crippen LogP contribution in [0, 0.1) is 0 Å². The number of carbonyl (C=O) groups excluding carboxylic acids is 1. The van der Waals surface area contributed by atoms with Crippen LogP contribution in [0.25, 0.3) is 16.3 Å². The number of methoxy groups -OCH3 is 3. The molecule has 0 spiro atoms. The Bertz CT molecular complexity index is 1130. The number of anilines is 1. The first-order valence-corrected chi connectivity index (χ1v) is 12.3. The summed E-state index contributed by atoms with van der Waals surface area (Å²) in [4.78, 5) is 22.9. The first-order valence-electron chi connectivity index (χ1n) is 10.3. The number of ether oxygens (including phenoxy) is 3. The van der Waals surface area contributed by atoms with Crippen molar-refractivity contribution in [3.05, 3.63) is 42.0 Å². The molecule has 0 N–H and O–H groups in total. The second-order valence-corrected chi connectivity index (χ2v) is 9.30. The maximum absolute atomic E-state index is 13.3. The van der Waals surface area contributed by atoms with Gasteiger partial charge in [0.25, 0.3) is 5.91 Å². The SMILES string of the molecule is COc1cc(C=CC(=O)N(CCN(C)C)c2nc3ccc(SC)cc3s2)cc(OC)c1OC.Cl. The van der Waals surface area contributed by atoms with Crippen LogP contribution in [0.15, 0.2) is 41.3 Å². The van der Waals surface area contributed by atoms with E-state index in [1.807, 2.05) is 37.4 Å². The van der Waals surface area contributed by atoms with Gasteiger partial charge in [-0.05, 0) is 62.3 Å². The maximum Gasteiger partial charge on any atom is 0.252 e. The van der Waals surface area contributed by atoms with Crippen molar-refractivity contribution in [2.45, 2.75) is 4.90 Å². The highest BCUT2D eigenvalue weighted by Crippen LogP contribution is 2.38. The molecular weight excluding hydrogens is 494 g/mol. The highest BCUT2D eigenvalue weighted by molar-refractivity contribution is 7.98. The number of rotatable bonds is 10. The normalized spacial score (nSPS) is 11.0. The summed E-state index contributed by atoms with van der Waals surface area (Å²) in [6, 6.07) is 9.77. The molecule has 0 unspecified atom stereocenters. The van der Waals surface area contributed by atoms with E-state index < -0.39 is 0 Å². The molecule has 0 saturated heterocycles. The average molecular weight is 524 g/mol. The average Bonchev–Trinajstić information content (AvgIpc) is 3.24. The molecule has 0 fully saturated rings. The van der Waals surface area contributed by atoms with Crippen molar-refractivity contribution in [3.63, 3.8) is 0 Å². The summed E-state index contributed by atoms with van der Waals surface area (Å²) in [6.07, 6.45) is 5.34. The molecule has 7 nitrogen and oxygen atoms in total. The van der Waals surface area contributed by atoms with Gasteiger partial charge in [-0.2, -0.15) is 0 Å². The third kappa shape index (κ3) is 6.56. The second kappa shape index (κ2) is 12.9. The van der Waals surface area contributed by atoms with E-state index in [9.17, 15) is 4.79 Å². The van der Waals surface area contributed by atoms with Crippen molar-refractivity contribution in [1.29, 1.82) is 0 Å². The number of carbonyl (C=O) groups is 1. The van der Waals surface area contributed by atoms with Crippen molar-refractivity contribution in [1.82, 2.24) is 9.88 Å². The zero-order valence-electron chi connectivity index (χ0n) is 20.2. The molecule has 0 bridgehead atoms. The lowest BCUT2D eigenvalue weighted by molar-refractivity contribution is -0.114. The Morgan fingerprint density at radius 3 is 2.29 bits per heavy atom. The van der Waals surface area contributed by atoms with Crippen LogP contribution < -0.4 is 19.1 Å². The van der Waals surface area contributed by atoms with E-state index in [4.69, 9.17) is 19.2 Å². The molecule has 3 rings (SSSR count). The zero-order valence-corrected chi connectivity index (χ0v) is 22.6. The van der Waals surface area contributed by atoms with Gasteiger partial charge in [0.1, 0.15) is 0 Å². The van der Waals surface area contributed by atoms with Crippen molar-refractivity contribution in [2.24, 2.45) is 0 Å². The molecular formula is C24H30ClN3O4S2. The van der Waals surface area contributed by atoms with Crippen molar-refractivity contribution in [2.75, 3.05) is 59.7 Å². The summed E-state index contributed by atoms with van der Waals surface area (Å²) < 4.78 is 17.3. The first kappa shape index (κ1) is 27.8. The molecule has 34 heavy (non-hydrogen) atoms. The zero-order chi connectivity index (χ0) is 24.0. The molecule has 184 valence electrons. The van der Waals surface area contributed by atoms with Crippen molar-refractivity contribution in [3.8, 4) is 17.2 Å². The molecule has 0 atom stereocenters. The lowest BCUT2D eigenvalue weighted by Gasteiger charge is -2.20. The highest BCUT2D eigenvalue weighted by Gasteiger charge is 2.19. The highest BCUT2D eigenvalue weighted by atomic mass is 35.5. The van der Waals surface area contributed by atoms with E-state index in [1.165, 1.54) is 16.2 Å². The number of halogens is 1. The van der Waals surface area contributed by atoms with E-state index in [0.717, 1.165) is 22.3 Å². The van der Waals surface area contributed by atoms with Crippen LogP contribution >= 0.6 is 35.5 Å². The van der Waals surface area contributed by atoms with Gasteiger partial charge in [0.15, 0.2) is 16.6 Å². The van der Waals surface area contributed by atoms with E-state index in [-0.39, 0.29) is 18.3 Å². The van der Waals surface area contributed by atoms with Crippen LogP contribution in [-0.2, 0) is 4.79 Å². The number of fused-ring (bicyclic) bond motifs is 1. The quantitative estimate of drug-likeness (QED) is 0.271. The number of hydrogen-bond acceptors (Lipinski definition) is 8. The van der Waals surface area contributed by atoms with Crippen molar-refractivity contribution >= 4 is 62.8 Å². The van der Waals surface area contributed by atoms with E-state index in [0.29, 0.717) is 28.9 Å². The number of likely N-dealkylation sites (N-methyl/N-ethyl adjacent to an activating group) is 1. The van der Waals surface area contributed by atoms with Crippen LogP contribution in [0.2, 0.25) is 0 Å². The Hall–Kier alpha value is -2.46. The largest absolute Gasteiger partial charge is 0.493 e. The Kier molecular flexibility index (Phi) is 10.5. The van der Waals surface area contributed by atoms with Gasteiger partial charge < -0.3 is 19.1 Å². The van der Waals surface area contributed by atoms with E-state index >= 15 is 0 Å². The first-order chi connectivity index (χ1) is 15.9. The van der Waals surface area contributed by atoms with Gasteiger partial charge in [0, 0.05) is 24.1 Å². The standard InChI is InChI=1S/C24H29N3O4S2.ClH/c1-26(2)11-12-27(24-25-18-9-8-17(32-6)15-21(18)33-24)22(28)10-7-16-13-19(29-3)23(31-5)20(14-16)30-4;/h7-10,13-15H,11-12H2,1-6H3;1H. The van der Waals surface area contributed by atoms with E-state index in [2.05, 4.69) is 6.07 Å². The summed E-state index contributed by atoms with van der Waals surface area (Å²) in [6.45, 7) is 1.25. The van der Waals surface area contributed by atoms with Gasteiger partial charge in [0.2, 0.25) is 5.75 Å².